The molecule has 0 aromatic heterocycles. The topological polar surface area (TPSA) is 92.3 Å². The van der Waals surface area contributed by atoms with Gasteiger partial charge in [-0.05, 0) is 58.9 Å². The Hall–Kier alpha value is -7.93. The third-order valence-corrected chi connectivity index (χ3v) is 13.3. The smallest absolute Gasteiger partial charge is 0.432 e. The predicted octanol–water partition coefficient (Wildman–Crippen LogP) is 17.4. The highest BCUT2D eigenvalue weighted by Crippen LogP contribution is 2.54. The van der Waals surface area contributed by atoms with Crippen LogP contribution in [-0.2, 0) is 62.8 Å². The molecule has 0 spiro atoms. The largest absolute Gasteiger partial charge is 0.489 e. The fourth-order valence-electron chi connectivity index (χ4n) is 8.89. The van der Waals surface area contributed by atoms with Crippen LogP contribution in [0.1, 0.15) is 84.4 Å². The van der Waals surface area contributed by atoms with E-state index in [4.69, 9.17) is 42.6 Å². The molecule has 0 bridgehead atoms. The molecule has 0 heterocycles. The van der Waals surface area contributed by atoms with E-state index in [0.717, 1.165) is 41.9 Å². The summed E-state index contributed by atoms with van der Waals surface area (Å²) in [5.41, 5.74) is 3.23. The van der Waals surface area contributed by atoms with Gasteiger partial charge >= 0.3 is 6.11 Å². The first kappa shape index (κ1) is 67.6. The van der Waals surface area contributed by atoms with Gasteiger partial charge in [-0.3, -0.25) is 0 Å². The maximum absolute atomic E-state index is 16.4. The summed E-state index contributed by atoms with van der Waals surface area (Å²) in [6.45, 7) is 8.07. The second-order valence-corrected chi connectivity index (χ2v) is 20.3. The van der Waals surface area contributed by atoms with Crippen LogP contribution >= 0.6 is 0 Å². The molecule has 88 heavy (non-hydrogen) atoms. The summed E-state index contributed by atoms with van der Waals surface area (Å²) < 4.78 is 166. The van der Waals surface area contributed by atoms with Crippen LogP contribution in [-0.4, -0.2) is 59.5 Å². The van der Waals surface area contributed by atoms with Crippen LogP contribution in [0.25, 0.3) is 11.1 Å². The SMILES string of the molecule is CCCCOCc1ccccc1.Cc1c(OCCCOCc2ccccc2)c(OCCCOCc2ccccc2)c(OCCCOCc2ccccc2)c(OCCCOCc2ccccc2)c1-c1cc(F)c(C(F)(F)Oc2cc(F)c(F)c(F)c2)c(F)c1. The minimum absolute atomic E-state index is 0.00525. The molecule has 0 saturated carbocycles. The summed E-state index contributed by atoms with van der Waals surface area (Å²) in [4.78, 5) is 0. The number of halogens is 7. The molecule has 0 fully saturated rings. The van der Waals surface area contributed by atoms with Crippen molar-refractivity contribution < 1.29 is 78.1 Å². The van der Waals surface area contributed by atoms with Crippen molar-refractivity contribution in [2.45, 2.75) is 91.5 Å². The number of rotatable bonds is 37. The van der Waals surface area contributed by atoms with Gasteiger partial charge in [0.05, 0.1) is 85.9 Å². The molecule has 0 radical (unpaired) electrons. The summed E-state index contributed by atoms with van der Waals surface area (Å²) in [7, 11) is 0. The van der Waals surface area contributed by atoms with Crippen molar-refractivity contribution in [1.82, 2.24) is 0 Å². The van der Waals surface area contributed by atoms with E-state index in [1.54, 1.807) is 6.92 Å². The van der Waals surface area contributed by atoms with E-state index in [1.165, 1.54) is 12.0 Å². The highest BCUT2D eigenvalue weighted by Gasteiger charge is 2.42. The molecular formula is C71H75F7O10. The fourth-order valence-corrected chi connectivity index (χ4v) is 8.89. The standard InChI is InChI=1S/C60H59F7O9.C11H16O/c1-42-53(47-34-49(61)54(50(62)35-47)60(66,67)76-48-36-51(63)55(65)52(64)37-48)57(73-31-15-27-69-39-44-20-8-3-9-21-44)59(75-33-17-29-71-41-46-24-12-5-13-25-46)58(74-32-16-28-70-40-45-22-10-4-11-23-45)56(42)72-30-14-26-68-38-43-18-6-2-7-19-43;1-2-3-9-12-10-11-7-5-4-6-8-11/h2-13,18-25,34-37H,14-17,26-33,38-41H2,1H3;4-8H,2-3,9-10H2,1H3. The van der Waals surface area contributed by atoms with Gasteiger partial charge in [0, 0.05) is 55.5 Å². The van der Waals surface area contributed by atoms with E-state index in [1.807, 2.05) is 140 Å². The molecule has 0 unspecified atom stereocenters. The van der Waals surface area contributed by atoms with Crippen LogP contribution in [0.5, 0.6) is 28.7 Å². The van der Waals surface area contributed by atoms with Gasteiger partial charge in [0.25, 0.3) is 0 Å². The molecule has 0 aliphatic carbocycles. The third kappa shape index (κ3) is 22.0. The van der Waals surface area contributed by atoms with Crippen molar-refractivity contribution in [2.75, 3.05) is 59.5 Å². The van der Waals surface area contributed by atoms with Crippen molar-refractivity contribution >= 4 is 0 Å². The van der Waals surface area contributed by atoms with Gasteiger partial charge in [-0.15, -0.1) is 0 Å². The van der Waals surface area contributed by atoms with Crippen molar-refractivity contribution in [3.63, 3.8) is 0 Å². The summed E-state index contributed by atoms with van der Waals surface area (Å²) in [6.07, 6.45) is -1.01. The normalized spacial score (nSPS) is 11.2. The molecule has 17 heteroatoms. The molecule has 8 aromatic rings. The van der Waals surface area contributed by atoms with Crippen LogP contribution in [0.15, 0.2) is 176 Å². The van der Waals surface area contributed by atoms with Crippen LogP contribution in [0, 0.1) is 36.0 Å². The summed E-state index contributed by atoms with van der Waals surface area (Å²) in [6, 6.07) is 50.2. The Labute approximate surface area is 511 Å². The molecular weight excluding hydrogens is 1150 g/mol. The van der Waals surface area contributed by atoms with E-state index in [2.05, 4.69) is 23.8 Å². The monoisotopic (exact) mass is 1220 g/mol. The summed E-state index contributed by atoms with van der Waals surface area (Å²) in [5.74, 6) is -10.3. The van der Waals surface area contributed by atoms with Gasteiger partial charge in [-0.25, -0.2) is 22.0 Å². The first-order valence-electron chi connectivity index (χ1n) is 29.4. The maximum Gasteiger partial charge on any atom is 0.432 e. The first-order chi connectivity index (χ1) is 42.9. The zero-order valence-corrected chi connectivity index (χ0v) is 49.6. The fraction of sp³-hybridized carbons (Fsp3) is 0.324. The van der Waals surface area contributed by atoms with Gasteiger partial charge < -0.3 is 47.4 Å². The van der Waals surface area contributed by atoms with Crippen molar-refractivity contribution in [3.8, 4) is 39.9 Å². The van der Waals surface area contributed by atoms with Crippen molar-refractivity contribution in [2.24, 2.45) is 0 Å². The molecule has 0 amide bonds. The quantitative estimate of drug-likeness (QED) is 0.0213. The van der Waals surface area contributed by atoms with Crippen molar-refractivity contribution in [3.05, 3.63) is 244 Å². The van der Waals surface area contributed by atoms with E-state index in [9.17, 15) is 13.2 Å². The Bertz CT molecular complexity index is 3230. The predicted molar refractivity (Wildman–Crippen MR) is 323 cm³/mol. The summed E-state index contributed by atoms with van der Waals surface area (Å²) >= 11 is 0. The lowest BCUT2D eigenvalue weighted by molar-refractivity contribution is -0.189. The van der Waals surface area contributed by atoms with Crippen LogP contribution < -0.4 is 23.7 Å². The minimum atomic E-state index is -4.85. The van der Waals surface area contributed by atoms with E-state index in [-0.39, 0.29) is 91.5 Å². The van der Waals surface area contributed by atoms with Crippen LogP contribution in [0.4, 0.5) is 30.7 Å². The Kier molecular flexibility index (Phi) is 28.4. The Morgan fingerprint density at radius 3 is 1.00 bits per heavy atom. The van der Waals surface area contributed by atoms with Crippen molar-refractivity contribution in [1.29, 1.82) is 0 Å². The number of hydrogen-bond donors (Lipinski definition) is 0. The molecule has 8 aromatic carbocycles. The van der Waals surface area contributed by atoms with E-state index in [0.29, 0.717) is 77.5 Å². The lowest BCUT2D eigenvalue weighted by Crippen LogP contribution is -2.25. The number of ether oxygens (including phenoxy) is 10. The third-order valence-electron chi connectivity index (χ3n) is 13.3. The lowest BCUT2D eigenvalue weighted by atomic mass is 9.95. The molecule has 8 rings (SSSR count). The average molecular weight is 1220 g/mol. The van der Waals surface area contributed by atoms with Gasteiger partial charge in [0.1, 0.15) is 22.9 Å². The van der Waals surface area contributed by atoms with Gasteiger partial charge in [-0.1, -0.05) is 165 Å². The molecule has 0 N–H and O–H groups in total. The summed E-state index contributed by atoms with van der Waals surface area (Å²) in [5, 5.41) is 0. The number of unbranched alkanes of at least 4 members (excludes halogenated alkanes) is 1. The zero-order valence-electron chi connectivity index (χ0n) is 49.6. The molecule has 10 nitrogen and oxygen atoms in total. The van der Waals surface area contributed by atoms with Gasteiger partial charge in [0.2, 0.25) is 11.5 Å². The first-order valence-corrected chi connectivity index (χ1v) is 29.4. The molecule has 0 saturated heterocycles. The molecule has 468 valence electrons. The Morgan fingerprint density at radius 1 is 0.352 bits per heavy atom. The number of hydrogen-bond acceptors (Lipinski definition) is 10. The lowest BCUT2D eigenvalue weighted by Gasteiger charge is -2.26. The minimum Gasteiger partial charge on any atom is -0.489 e. The highest BCUT2D eigenvalue weighted by molar-refractivity contribution is 5.83. The zero-order chi connectivity index (χ0) is 62.2. The molecule has 0 aliphatic rings. The molecule has 0 atom stereocenters. The van der Waals surface area contributed by atoms with E-state index < -0.39 is 46.5 Å². The van der Waals surface area contributed by atoms with Gasteiger partial charge in [-0.2, -0.15) is 8.78 Å². The van der Waals surface area contributed by atoms with E-state index >= 15 is 17.6 Å². The van der Waals surface area contributed by atoms with Crippen LogP contribution in [0.3, 0.4) is 0 Å². The Balaban J connectivity index is 0.000000821. The highest BCUT2D eigenvalue weighted by atomic mass is 19.3. The van der Waals surface area contributed by atoms with Gasteiger partial charge in [0.15, 0.2) is 29.0 Å². The maximum atomic E-state index is 16.4. The number of alkyl halides is 2. The number of benzene rings is 8. The second kappa shape index (κ2) is 37.0. The molecule has 0 aliphatic heterocycles. The second-order valence-electron chi connectivity index (χ2n) is 20.3. The van der Waals surface area contributed by atoms with Crippen LogP contribution in [0.2, 0.25) is 0 Å². The Morgan fingerprint density at radius 2 is 0.659 bits per heavy atom. The average Bonchev–Trinajstić information content (AvgIpc) is 0.865.